The van der Waals surface area contributed by atoms with Crippen LogP contribution in [0.4, 0.5) is 4.39 Å². The van der Waals surface area contributed by atoms with E-state index in [1.54, 1.807) is 6.07 Å². The predicted octanol–water partition coefficient (Wildman–Crippen LogP) is 4.26. The topological polar surface area (TPSA) is 70.2 Å². The molecule has 0 radical (unpaired) electrons. The molecule has 2 aromatic rings. The van der Waals surface area contributed by atoms with E-state index in [9.17, 15) is 14.0 Å². The number of rotatable bonds is 5. The van der Waals surface area contributed by atoms with Crippen LogP contribution < -0.4 is 16.0 Å². The van der Waals surface area contributed by atoms with Crippen LogP contribution in [0.25, 0.3) is 0 Å². The van der Waals surface area contributed by atoms with Crippen LogP contribution in [0.15, 0.2) is 48.5 Å². The maximum Gasteiger partial charge on any atom is 0.238 e. The summed E-state index contributed by atoms with van der Waals surface area (Å²) in [5, 5.41) is 9.21. The summed E-state index contributed by atoms with van der Waals surface area (Å²) in [7, 11) is 0. The van der Waals surface area contributed by atoms with Crippen molar-refractivity contribution >= 4 is 11.8 Å². The van der Waals surface area contributed by atoms with Gasteiger partial charge in [0.15, 0.2) is 0 Å². The Kier molecular flexibility index (Phi) is 5.84. The highest BCUT2D eigenvalue weighted by atomic mass is 19.1. The molecule has 0 aromatic heterocycles. The second kappa shape index (κ2) is 8.32. The van der Waals surface area contributed by atoms with Crippen LogP contribution in [0, 0.1) is 11.2 Å². The van der Waals surface area contributed by atoms with Crippen LogP contribution in [0.3, 0.4) is 0 Å². The summed E-state index contributed by atoms with van der Waals surface area (Å²) in [5.41, 5.74) is 1.96. The van der Waals surface area contributed by atoms with Crippen LogP contribution in [-0.2, 0) is 15.0 Å². The SMILES string of the molecule is CC1(c2ccc(C(NC(=O)C3CC(=O)NC(c4ccccc4)N3)C(C)(C)C)cc2F)CC1. The van der Waals surface area contributed by atoms with Gasteiger partial charge >= 0.3 is 0 Å². The van der Waals surface area contributed by atoms with Crippen molar-refractivity contribution in [2.24, 2.45) is 5.41 Å². The van der Waals surface area contributed by atoms with E-state index in [4.69, 9.17) is 0 Å². The van der Waals surface area contributed by atoms with Crippen molar-refractivity contribution in [3.8, 4) is 0 Å². The van der Waals surface area contributed by atoms with Crippen LogP contribution in [0.1, 0.15) is 75.9 Å². The van der Waals surface area contributed by atoms with E-state index < -0.39 is 18.2 Å². The minimum atomic E-state index is -0.673. The Balaban J connectivity index is 1.53. The monoisotopic (exact) mass is 437 g/mol. The first-order chi connectivity index (χ1) is 15.1. The molecule has 1 saturated heterocycles. The fourth-order valence-corrected chi connectivity index (χ4v) is 4.40. The summed E-state index contributed by atoms with van der Waals surface area (Å²) in [6, 6.07) is 13.8. The fourth-order valence-electron chi connectivity index (χ4n) is 4.40. The van der Waals surface area contributed by atoms with Crippen molar-refractivity contribution in [2.75, 3.05) is 0 Å². The van der Waals surface area contributed by atoms with Gasteiger partial charge in [0.05, 0.1) is 18.5 Å². The molecule has 3 atom stereocenters. The molecule has 4 rings (SSSR count). The number of nitrogens with one attached hydrogen (secondary N) is 3. The third-order valence-corrected chi connectivity index (χ3v) is 6.64. The number of carbonyl (C=O) groups is 2. The van der Waals surface area contributed by atoms with Gasteiger partial charge in [-0.2, -0.15) is 0 Å². The van der Waals surface area contributed by atoms with E-state index in [1.807, 2.05) is 63.2 Å². The zero-order valence-electron chi connectivity index (χ0n) is 19.2. The summed E-state index contributed by atoms with van der Waals surface area (Å²) < 4.78 is 14.9. The number of benzene rings is 2. The highest BCUT2D eigenvalue weighted by molar-refractivity contribution is 5.90. The highest BCUT2D eigenvalue weighted by Crippen LogP contribution is 2.49. The first kappa shape index (κ1) is 22.5. The molecule has 3 N–H and O–H groups in total. The molecule has 6 heteroatoms. The molecule has 1 saturated carbocycles. The molecule has 5 nitrogen and oxygen atoms in total. The lowest BCUT2D eigenvalue weighted by molar-refractivity contribution is -0.132. The minimum absolute atomic E-state index is 0.0533. The predicted molar refractivity (Wildman–Crippen MR) is 122 cm³/mol. The first-order valence-electron chi connectivity index (χ1n) is 11.3. The van der Waals surface area contributed by atoms with E-state index >= 15 is 0 Å². The van der Waals surface area contributed by atoms with Crippen molar-refractivity contribution in [2.45, 2.75) is 70.6 Å². The average molecular weight is 438 g/mol. The second-order valence-electron chi connectivity index (χ2n) is 10.4. The Morgan fingerprint density at radius 1 is 1.16 bits per heavy atom. The molecule has 2 amide bonds. The van der Waals surface area contributed by atoms with Crippen molar-refractivity contribution in [3.05, 3.63) is 71.0 Å². The molecular formula is C26H32FN3O2. The largest absolute Gasteiger partial charge is 0.347 e. The standard InChI is InChI=1S/C26H32FN3O2/c1-25(2,3)22(17-10-11-18(19(27)14-17)26(4)12-13-26)30-24(32)20-15-21(31)29-23(28-20)16-8-6-5-7-9-16/h5-11,14,20,22-23,28H,12-13,15H2,1-4H3,(H,29,31)(H,30,32). The van der Waals surface area contributed by atoms with Crippen molar-refractivity contribution < 1.29 is 14.0 Å². The summed E-state index contributed by atoms with van der Waals surface area (Å²) in [6.45, 7) is 8.12. The summed E-state index contributed by atoms with van der Waals surface area (Å²) >= 11 is 0. The average Bonchev–Trinajstić information content (AvgIpc) is 3.49. The molecule has 170 valence electrons. The molecular weight excluding hydrogens is 405 g/mol. The highest BCUT2D eigenvalue weighted by Gasteiger charge is 2.41. The normalized spacial score (nSPS) is 23.2. The lowest BCUT2D eigenvalue weighted by Gasteiger charge is -2.36. The number of halogens is 1. The van der Waals surface area contributed by atoms with Gasteiger partial charge in [-0.15, -0.1) is 0 Å². The smallest absolute Gasteiger partial charge is 0.238 e. The van der Waals surface area contributed by atoms with Gasteiger partial charge in [0, 0.05) is 0 Å². The molecule has 1 aliphatic carbocycles. The first-order valence-corrected chi connectivity index (χ1v) is 11.3. The molecule has 3 unspecified atom stereocenters. The van der Waals surface area contributed by atoms with Gasteiger partial charge < -0.3 is 10.6 Å². The minimum Gasteiger partial charge on any atom is -0.347 e. The van der Waals surface area contributed by atoms with Crippen molar-refractivity contribution in [1.29, 1.82) is 0 Å². The molecule has 2 aromatic carbocycles. The van der Waals surface area contributed by atoms with Gasteiger partial charge in [-0.25, -0.2) is 4.39 Å². The molecule has 32 heavy (non-hydrogen) atoms. The number of carbonyl (C=O) groups excluding carboxylic acids is 2. The van der Waals surface area contributed by atoms with Crippen LogP contribution in [-0.4, -0.2) is 17.9 Å². The molecule has 1 heterocycles. The second-order valence-corrected chi connectivity index (χ2v) is 10.4. The molecule has 2 fully saturated rings. The number of amides is 2. The molecule has 2 aliphatic rings. The van der Waals surface area contributed by atoms with E-state index in [1.165, 1.54) is 0 Å². The number of hydrogen-bond acceptors (Lipinski definition) is 3. The Labute approximate surface area is 189 Å². The van der Waals surface area contributed by atoms with Gasteiger partial charge in [-0.1, -0.05) is 70.2 Å². The van der Waals surface area contributed by atoms with E-state index in [-0.39, 0.29) is 34.9 Å². The molecule has 0 spiro atoms. The quantitative estimate of drug-likeness (QED) is 0.655. The van der Waals surface area contributed by atoms with Gasteiger partial charge in [-0.05, 0) is 46.4 Å². The van der Waals surface area contributed by atoms with Crippen LogP contribution >= 0.6 is 0 Å². The van der Waals surface area contributed by atoms with Crippen molar-refractivity contribution in [3.63, 3.8) is 0 Å². The Bertz CT molecular complexity index is 1010. The number of hydrogen-bond donors (Lipinski definition) is 3. The lowest BCUT2D eigenvalue weighted by Crippen LogP contribution is -2.57. The van der Waals surface area contributed by atoms with Crippen molar-refractivity contribution in [1.82, 2.24) is 16.0 Å². The Morgan fingerprint density at radius 2 is 1.84 bits per heavy atom. The van der Waals surface area contributed by atoms with Gasteiger partial charge in [0.1, 0.15) is 12.0 Å². The zero-order chi connectivity index (χ0) is 23.1. The third kappa shape index (κ3) is 4.70. The molecule has 1 aliphatic heterocycles. The summed E-state index contributed by atoms with van der Waals surface area (Å²) in [6.07, 6.45) is 1.62. The zero-order valence-corrected chi connectivity index (χ0v) is 19.2. The van der Waals surface area contributed by atoms with Gasteiger partial charge in [-0.3, -0.25) is 14.9 Å². The third-order valence-electron chi connectivity index (χ3n) is 6.64. The maximum absolute atomic E-state index is 14.9. The molecule has 0 bridgehead atoms. The van der Waals surface area contributed by atoms with E-state index in [0.717, 1.165) is 29.5 Å². The van der Waals surface area contributed by atoms with Gasteiger partial charge in [0.2, 0.25) is 11.8 Å². The van der Waals surface area contributed by atoms with Crippen LogP contribution in [0.5, 0.6) is 0 Å². The lowest BCUT2D eigenvalue weighted by atomic mass is 9.81. The Hall–Kier alpha value is -2.73. The van der Waals surface area contributed by atoms with E-state index in [0.29, 0.717) is 0 Å². The fraction of sp³-hybridized carbons (Fsp3) is 0.462. The summed E-state index contributed by atoms with van der Waals surface area (Å²) in [4.78, 5) is 25.5. The Morgan fingerprint density at radius 3 is 2.44 bits per heavy atom. The van der Waals surface area contributed by atoms with Gasteiger partial charge in [0.25, 0.3) is 0 Å². The van der Waals surface area contributed by atoms with E-state index in [2.05, 4.69) is 22.9 Å². The maximum atomic E-state index is 14.9. The summed E-state index contributed by atoms with van der Waals surface area (Å²) in [5.74, 6) is -0.664. The van der Waals surface area contributed by atoms with Crippen LogP contribution in [0.2, 0.25) is 0 Å².